The van der Waals surface area contributed by atoms with Crippen molar-refractivity contribution in [3.63, 3.8) is 0 Å². The van der Waals surface area contributed by atoms with Gasteiger partial charge in [-0.05, 0) is 6.42 Å². The van der Waals surface area contributed by atoms with E-state index in [2.05, 4.69) is 5.32 Å². The summed E-state index contributed by atoms with van der Waals surface area (Å²) >= 11 is 0. The van der Waals surface area contributed by atoms with Crippen LogP contribution in [-0.2, 0) is 9.59 Å². The van der Waals surface area contributed by atoms with E-state index in [1.807, 2.05) is 0 Å². The highest BCUT2D eigenvalue weighted by molar-refractivity contribution is 5.78. The highest BCUT2D eigenvalue weighted by atomic mass is 16.4. The smallest absolute Gasteiger partial charge is 0.326 e. The van der Waals surface area contributed by atoms with Crippen LogP contribution in [-0.4, -0.2) is 29.4 Å². The molecule has 0 saturated heterocycles. The number of carboxylic acid groups (broad SMARTS) is 1. The van der Waals surface area contributed by atoms with Gasteiger partial charge < -0.3 is 16.2 Å². The Morgan fingerprint density at radius 1 is 1.67 bits per heavy atom. The Kier molecular flexibility index (Phi) is 4.43. The topological polar surface area (TPSA) is 116 Å². The van der Waals surface area contributed by atoms with Crippen molar-refractivity contribution < 1.29 is 14.7 Å². The van der Waals surface area contributed by atoms with Crippen molar-refractivity contribution in [1.29, 1.82) is 5.41 Å². The molecular formula is C6H11N3O3. The molecule has 0 aliphatic carbocycles. The molecule has 5 N–H and O–H groups in total. The normalized spacial score (nSPS) is 11.7. The van der Waals surface area contributed by atoms with Gasteiger partial charge in [-0.25, -0.2) is 4.79 Å². The van der Waals surface area contributed by atoms with Gasteiger partial charge >= 0.3 is 5.97 Å². The first-order chi connectivity index (χ1) is 5.57. The molecule has 0 fully saturated rings. The summed E-state index contributed by atoms with van der Waals surface area (Å²) in [6.45, 7) is 0. The van der Waals surface area contributed by atoms with Crippen LogP contribution in [0, 0.1) is 5.41 Å². The number of primary amides is 1. The SMILES string of the molecule is N=CN[C@@H](CCC(N)=O)C(=O)O. The van der Waals surface area contributed by atoms with Crippen LogP contribution in [0.2, 0.25) is 0 Å². The molecule has 1 amide bonds. The monoisotopic (exact) mass is 173 g/mol. The number of rotatable bonds is 6. The minimum absolute atomic E-state index is 0.00218. The van der Waals surface area contributed by atoms with Crippen LogP contribution in [0.15, 0.2) is 0 Å². The van der Waals surface area contributed by atoms with Crippen LogP contribution in [0.25, 0.3) is 0 Å². The van der Waals surface area contributed by atoms with Gasteiger partial charge in [0.2, 0.25) is 5.91 Å². The van der Waals surface area contributed by atoms with Gasteiger partial charge in [0, 0.05) is 6.42 Å². The molecule has 0 heterocycles. The molecule has 0 aliphatic heterocycles. The van der Waals surface area contributed by atoms with E-state index in [0.717, 1.165) is 6.34 Å². The first kappa shape index (κ1) is 10.4. The summed E-state index contributed by atoms with van der Waals surface area (Å²) in [4.78, 5) is 20.7. The van der Waals surface area contributed by atoms with Gasteiger partial charge in [-0.1, -0.05) is 0 Å². The molecule has 0 aromatic rings. The molecule has 6 heteroatoms. The van der Waals surface area contributed by atoms with Crippen molar-refractivity contribution >= 4 is 18.2 Å². The molecule has 12 heavy (non-hydrogen) atoms. The van der Waals surface area contributed by atoms with E-state index >= 15 is 0 Å². The minimum Gasteiger partial charge on any atom is -0.480 e. The van der Waals surface area contributed by atoms with Crippen molar-refractivity contribution in [2.45, 2.75) is 18.9 Å². The number of amides is 1. The van der Waals surface area contributed by atoms with Crippen molar-refractivity contribution in [3.05, 3.63) is 0 Å². The van der Waals surface area contributed by atoms with Crippen LogP contribution in [0.4, 0.5) is 0 Å². The van der Waals surface area contributed by atoms with Crippen molar-refractivity contribution in [2.75, 3.05) is 0 Å². The molecule has 1 atom stereocenters. The molecule has 6 nitrogen and oxygen atoms in total. The summed E-state index contributed by atoms with van der Waals surface area (Å²) < 4.78 is 0. The molecule has 0 bridgehead atoms. The van der Waals surface area contributed by atoms with Crippen LogP contribution in [0.3, 0.4) is 0 Å². The van der Waals surface area contributed by atoms with E-state index in [4.69, 9.17) is 16.2 Å². The van der Waals surface area contributed by atoms with E-state index in [1.165, 1.54) is 0 Å². The van der Waals surface area contributed by atoms with Crippen LogP contribution in [0.1, 0.15) is 12.8 Å². The fraction of sp³-hybridized carbons (Fsp3) is 0.500. The zero-order valence-corrected chi connectivity index (χ0v) is 6.41. The summed E-state index contributed by atoms with van der Waals surface area (Å²) in [6, 6.07) is -0.907. The van der Waals surface area contributed by atoms with E-state index in [1.54, 1.807) is 0 Å². The van der Waals surface area contributed by atoms with Gasteiger partial charge in [-0.2, -0.15) is 0 Å². The van der Waals surface area contributed by atoms with Gasteiger partial charge in [0.1, 0.15) is 6.04 Å². The molecule has 0 aromatic carbocycles. The summed E-state index contributed by atoms with van der Waals surface area (Å²) in [6.07, 6.45) is 0.873. The first-order valence-corrected chi connectivity index (χ1v) is 3.34. The fourth-order valence-electron chi connectivity index (χ4n) is 0.665. The summed E-state index contributed by atoms with van der Waals surface area (Å²) in [7, 11) is 0. The van der Waals surface area contributed by atoms with Crippen molar-refractivity contribution in [2.24, 2.45) is 5.73 Å². The zero-order chi connectivity index (χ0) is 9.56. The maximum absolute atomic E-state index is 10.4. The second kappa shape index (κ2) is 5.11. The Morgan fingerprint density at radius 3 is 2.58 bits per heavy atom. The van der Waals surface area contributed by atoms with Gasteiger partial charge in [0.05, 0.1) is 6.34 Å². The molecule has 0 radical (unpaired) electrons. The number of nitrogens with one attached hydrogen (secondary N) is 2. The lowest BCUT2D eigenvalue weighted by atomic mass is 10.1. The second-order valence-corrected chi connectivity index (χ2v) is 2.21. The van der Waals surface area contributed by atoms with E-state index in [0.29, 0.717) is 0 Å². The summed E-state index contributed by atoms with van der Waals surface area (Å²) in [5, 5.41) is 17.4. The Labute approximate surface area is 69.3 Å². The number of aliphatic carboxylic acids is 1. The highest BCUT2D eigenvalue weighted by Crippen LogP contribution is 1.95. The van der Waals surface area contributed by atoms with Gasteiger partial charge in [-0.15, -0.1) is 0 Å². The van der Waals surface area contributed by atoms with Gasteiger partial charge in [0.15, 0.2) is 0 Å². The molecule has 0 spiro atoms. The molecule has 0 aliphatic rings. The molecule has 0 saturated carbocycles. The Balaban J connectivity index is 3.86. The molecular weight excluding hydrogens is 162 g/mol. The Hall–Kier alpha value is -1.59. The highest BCUT2D eigenvalue weighted by Gasteiger charge is 2.15. The van der Waals surface area contributed by atoms with E-state index in [-0.39, 0.29) is 12.8 Å². The number of carbonyl (C=O) groups is 2. The van der Waals surface area contributed by atoms with Gasteiger partial charge in [0.25, 0.3) is 0 Å². The molecule has 0 rings (SSSR count). The van der Waals surface area contributed by atoms with Crippen molar-refractivity contribution in [1.82, 2.24) is 5.32 Å². The molecule has 0 aromatic heterocycles. The molecule has 0 unspecified atom stereocenters. The maximum atomic E-state index is 10.4. The quantitative estimate of drug-likeness (QED) is 0.301. The lowest BCUT2D eigenvalue weighted by Gasteiger charge is -2.09. The minimum atomic E-state index is -1.10. The predicted molar refractivity (Wildman–Crippen MR) is 41.8 cm³/mol. The standard InChI is InChI=1S/C6H11N3O3/c7-3-9-4(6(11)12)1-2-5(8)10/h3-4H,1-2H2,(H2,7,9)(H2,8,10)(H,11,12)/t4-/m0/s1. The third-order valence-corrected chi connectivity index (χ3v) is 1.26. The Bertz CT molecular complexity index is 192. The van der Waals surface area contributed by atoms with Gasteiger partial charge in [-0.3, -0.25) is 10.2 Å². The third-order valence-electron chi connectivity index (χ3n) is 1.26. The lowest BCUT2D eigenvalue weighted by Crippen LogP contribution is -2.36. The number of carbonyl (C=O) groups excluding carboxylic acids is 1. The summed E-state index contributed by atoms with van der Waals surface area (Å²) in [5.41, 5.74) is 4.82. The maximum Gasteiger partial charge on any atom is 0.326 e. The fourth-order valence-corrected chi connectivity index (χ4v) is 0.665. The average molecular weight is 173 g/mol. The number of nitrogens with two attached hydrogens (primary N) is 1. The average Bonchev–Trinajstić information content (AvgIpc) is 1.96. The number of hydrogen-bond acceptors (Lipinski definition) is 3. The summed E-state index contributed by atoms with van der Waals surface area (Å²) in [5.74, 6) is -1.65. The van der Waals surface area contributed by atoms with E-state index < -0.39 is 17.9 Å². The third kappa shape index (κ3) is 4.26. The van der Waals surface area contributed by atoms with Crippen molar-refractivity contribution in [3.8, 4) is 0 Å². The largest absolute Gasteiger partial charge is 0.480 e. The second-order valence-electron chi connectivity index (χ2n) is 2.21. The van der Waals surface area contributed by atoms with Crippen LogP contribution in [0.5, 0.6) is 0 Å². The van der Waals surface area contributed by atoms with Crippen LogP contribution < -0.4 is 11.1 Å². The molecule has 68 valence electrons. The number of carboxylic acids is 1. The van der Waals surface area contributed by atoms with E-state index in [9.17, 15) is 9.59 Å². The zero-order valence-electron chi connectivity index (χ0n) is 6.41. The predicted octanol–water partition coefficient (Wildman–Crippen LogP) is -1.10. The first-order valence-electron chi connectivity index (χ1n) is 3.34. The lowest BCUT2D eigenvalue weighted by molar-refractivity contribution is -0.139. The number of hydrogen-bond donors (Lipinski definition) is 4. The Morgan fingerprint density at radius 2 is 2.25 bits per heavy atom. The van der Waals surface area contributed by atoms with Crippen LogP contribution >= 0.6 is 0 Å².